The lowest BCUT2D eigenvalue weighted by Gasteiger charge is -2.30. The predicted molar refractivity (Wildman–Crippen MR) is 84.8 cm³/mol. The summed E-state index contributed by atoms with van der Waals surface area (Å²) >= 11 is 0. The van der Waals surface area contributed by atoms with E-state index in [-0.39, 0.29) is 5.92 Å². The molecule has 2 aromatic rings. The van der Waals surface area contributed by atoms with Crippen molar-refractivity contribution in [3.8, 4) is 11.3 Å². The molecule has 0 aliphatic carbocycles. The normalized spacial score (nSPS) is 15.8. The maximum absolute atomic E-state index is 11.0. The lowest BCUT2D eigenvalue weighted by molar-refractivity contribution is -0.142. The van der Waals surface area contributed by atoms with Crippen molar-refractivity contribution in [3.63, 3.8) is 0 Å². The minimum Gasteiger partial charge on any atom is -0.481 e. The smallest absolute Gasteiger partial charge is 0.306 e. The molecule has 1 aromatic carbocycles. The third kappa shape index (κ3) is 3.08. The van der Waals surface area contributed by atoms with E-state index in [9.17, 15) is 4.79 Å². The van der Waals surface area contributed by atoms with Crippen molar-refractivity contribution in [1.82, 2.24) is 9.97 Å². The number of rotatable bonds is 3. The van der Waals surface area contributed by atoms with Crippen molar-refractivity contribution in [2.75, 3.05) is 18.0 Å². The third-order valence-electron chi connectivity index (χ3n) is 4.04. The van der Waals surface area contributed by atoms with Crippen LogP contribution in [0, 0.1) is 12.8 Å². The molecule has 0 amide bonds. The van der Waals surface area contributed by atoms with E-state index in [1.807, 2.05) is 43.3 Å². The molecule has 114 valence electrons. The second-order valence-electron chi connectivity index (χ2n) is 5.66. The van der Waals surface area contributed by atoms with Gasteiger partial charge in [0, 0.05) is 24.3 Å². The van der Waals surface area contributed by atoms with Crippen molar-refractivity contribution < 1.29 is 9.90 Å². The quantitative estimate of drug-likeness (QED) is 0.943. The topological polar surface area (TPSA) is 66.3 Å². The monoisotopic (exact) mass is 297 g/mol. The van der Waals surface area contributed by atoms with Gasteiger partial charge in [-0.1, -0.05) is 30.3 Å². The van der Waals surface area contributed by atoms with Crippen molar-refractivity contribution in [1.29, 1.82) is 0 Å². The first kappa shape index (κ1) is 14.5. The van der Waals surface area contributed by atoms with Crippen LogP contribution in [0.4, 0.5) is 5.95 Å². The third-order valence-corrected chi connectivity index (χ3v) is 4.04. The highest BCUT2D eigenvalue weighted by Gasteiger charge is 2.26. The predicted octanol–water partition coefficient (Wildman–Crippen LogP) is 2.75. The van der Waals surface area contributed by atoms with Gasteiger partial charge < -0.3 is 10.0 Å². The molecule has 0 spiro atoms. The molecule has 0 bridgehead atoms. The van der Waals surface area contributed by atoms with E-state index < -0.39 is 5.97 Å². The van der Waals surface area contributed by atoms with E-state index in [1.54, 1.807) is 0 Å². The zero-order chi connectivity index (χ0) is 15.5. The van der Waals surface area contributed by atoms with E-state index in [2.05, 4.69) is 14.9 Å². The van der Waals surface area contributed by atoms with Crippen LogP contribution in [0.25, 0.3) is 11.3 Å². The van der Waals surface area contributed by atoms with Crippen LogP contribution in [-0.2, 0) is 4.79 Å². The molecule has 22 heavy (non-hydrogen) atoms. The summed E-state index contributed by atoms with van der Waals surface area (Å²) in [5, 5.41) is 9.08. The standard InChI is InChI=1S/C17H19N3O2/c1-12-11-15(13-5-3-2-4-6-13)19-17(18-12)20-9-7-14(8-10-20)16(21)22/h2-6,11,14H,7-10H2,1H3,(H,21,22). The summed E-state index contributed by atoms with van der Waals surface area (Å²) in [5.41, 5.74) is 2.89. The van der Waals surface area contributed by atoms with Gasteiger partial charge in [-0.25, -0.2) is 9.97 Å². The number of carboxylic acids is 1. The number of aryl methyl sites for hydroxylation is 1. The Kier molecular flexibility index (Phi) is 4.04. The minimum atomic E-state index is -0.699. The van der Waals surface area contributed by atoms with E-state index in [1.165, 1.54) is 0 Å². The summed E-state index contributed by atoms with van der Waals surface area (Å²) in [4.78, 5) is 22.3. The number of anilines is 1. The van der Waals surface area contributed by atoms with Crippen molar-refractivity contribution in [2.45, 2.75) is 19.8 Å². The Morgan fingerprint density at radius 2 is 1.86 bits per heavy atom. The van der Waals surface area contributed by atoms with Crippen LogP contribution >= 0.6 is 0 Å². The summed E-state index contributed by atoms with van der Waals surface area (Å²) in [5.74, 6) is -0.243. The van der Waals surface area contributed by atoms with E-state index in [0.29, 0.717) is 31.9 Å². The van der Waals surface area contributed by atoms with Gasteiger partial charge in [-0.05, 0) is 25.8 Å². The van der Waals surface area contributed by atoms with Gasteiger partial charge in [-0.2, -0.15) is 0 Å². The highest BCUT2D eigenvalue weighted by molar-refractivity contribution is 5.70. The first-order chi connectivity index (χ1) is 10.6. The molecule has 1 aliphatic heterocycles. The van der Waals surface area contributed by atoms with Crippen molar-refractivity contribution >= 4 is 11.9 Å². The Morgan fingerprint density at radius 1 is 1.18 bits per heavy atom. The maximum Gasteiger partial charge on any atom is 0.306 e. The highest BCUT2D eigenvalue weighted by Crippen LogP contribution is 2.24. The van der Waals surface area contributed by atoms with E-state index >= 15 is 0 Å². The molecule has 1 saturated heterocycles. The fraction of sp³-hybridized carbons (Fsp3) is 0.353. The number of carboxylic acid groups (broad SMARTS) is 1. The SMILES string of the molecule is Cc1cc(-c2ccccc2)nc(N2CCC(C(=O)O)CC2)n1. The van der Waals surface area contributed by atoms with Gasteiger partial charge in [0.25, 0.3) is 0 Å². The Bertz CT molecular complexity index is 665. The lowest BCUT2D eigenvalue weighted by atomic mass is 9.97. The molecule has 0 saturated carbocycles. The van der Waals surface area contributed by atoms with Gasteiger partial charge in [0.05, 0.1) is 11.6 Å². The molecule has 1 aromatic heterocycles. The fourth-order valence-corrected chi connectivity index (χ4v) is 2.78. The summed E-state index contributed by atoms with van der Waals surface area (Å²) in [7, 11) is 0. The van der Waals surface area contributed by atoms with Gasteiger partial charge in [0.1, 0.15) is 0 Å². The van der Waals surface area contributed by atoms with Gasteiger partial charge in [0.2, 0.25) is 5.95 Å². The molecular formula is C17H19N3O2. The van der Waals surface area contributed by atoms with Crippen molar-refractivity contribution in [2.24, 2.45) is 5.92 Å². The molecule has 1 N–H and O–H groups in total. The summed E-state index contributed by atoms with van der Waals surface area (Å²) in [6.07, 6.45) is 1.29. The van der Waals surface area contributed by atoms with E-state index in [4.69, 9.17) is 5.11 Å². The van der Waals surface area contributed by atoms with Gasteiger partial charge in [-0.3, -0.25) is 4.79 Å². The fourth-order valence-electron chi connectivity index (χ4n) is 2.78. The molecule has 0 unspecified atom stereocenters. The zero-order valence-electron chi connectivity index (χ0n) is 12.6. The molecule has 1 fully saturated rings. The maximum atomic E-state index is 11.0. The summed E-state index contributed by atoms with van der Waals surface area (Å²) < 4.78 is 0. The van der Waals surface area contributed by atoms with Crippen LogP contribution < -0.4 is 4.90 Å². The Balaban J connectivity index is 1.83. The molecule has 1 aliphatic rings. The molecular weight excluding hydrogens is 278 g/mol. The zero-order valence-corrected chi connectivity index (χ0v) is 12.6. The average molecular weight is 297 g/mol. The van der Waals surface area contributed by atoms with Crippen LogP contribution in [-0.4, -0.2) is 34.1 Å². The second-order valence-corrected chi connectivity index (χ2v) is 5.66. The van der Waals surface area contributed by atoms with Crippen LogP contribution in [0.2, 0.25) is 0 Å². The molecule has 2 heterocycles. The molecule has 0 radical (unpaired) electrons. The number of piperidine rings is 1. The Morgan fingerprint density at radius 3 is 2.50 bits per heavy atom. The molecule has 5 heteroatoms. The lowest BCUT2D eigenvalue weighted by Crippen LogP contribution is -2.37. The van der Waals surface area contributed by atoms with Crippen LogP contribution in [0.5, 0.6) is 0 Å². The number of hydrogen-bond donors (Lipinski definition) is 1. The van der Waals surface area contributed by atoms with Gasteiger partial charge in [-0.15, -0.1) is 0 Å². The molecule has 3 rings (SSSR count). The number of aromatic nitrogens is 2. The second kappa shape index (κ2) is 6.13. The Labute approximate surface area is 129 Å². The number of nitrogens with zero attached hydrogens (tertiary/aromatic N) is 3. The summed E-state index contributed by atoms with van der Waals surface area (Å²) in [6.45, 7) is 3.34. The van der Waals surface area contributed by atoms with Gasteiger partial charge >= 0.3 is 5.97 Å². The summed E-state index contributed by atoms with van der Waals surface area (Å²) in [6, 6.07) is 12.0. The van der Waals surface area contributed by atoms with Crippen molar-refractivity contribution in [3.05, 3.63) is 42.1 Å². The van der Waals surface area contributed by atoms with Gasteiger partial charge in [0.15, 0.2) is 0 Å². The molecule has 5 nitrogen and oxygen atoms in total. The van der Waals surface area contributed by atoms with Crippen LogP contribution in [0.1, 0.15) is 18.5 Å². The highest BCUT2D eigenvalue weighted by atomic mass is 16.4. The number of aliphatic carboxylic acids is 1. The van der Waals surface area contributed by atoms with Crippen LogP contribution in [0.15, 0.2) is 36.4 Å². The average Bonchev–Trinajstić information content (AvgIpc) is 2.55. The van der Waals surface area contributed by atoms with Crippen LogP contribution in [0.3, 0.4) is 0 Å². The number of hydrogen-bond acceptors (Lipinski definition) is 4. The first-order valence-electron chi connectivity index (χ1n) is 7.52. The largest absolute Gasteiger partial charge is 0.481 e. The molecule has 0 atom stereocenters. The van der Waals surface area contributed by atoms with E-state index in [0.717, 1.165) is 17.0 Å². The number of carbonyl (C=O) groups is 1. The Hall–Kier alpha value is -2.43. The first-order valence-corrected chi connectivity index (χ1v) is 7.52. The number of benzene rings is 1. The minimum absolute atomic E-state index is 0.241.